The molecule has 1 aliphatic rings. The van der Waals surface area contributed by atoms with E-state index in [9.17, 15) is 0 Å². The van der Waals surface area contributed by atoms with Gasteiger partial charge in [0.1, 0.15) is 0 Å². The number of pyridine rings is 1. The molecule has 7 nitrogen and oxygen atoms in total. The molecule has 0 aliphatic heterocycles. The van der Waals surface area contributed by atoms with Crippen molar-refractivity contribution >= 4 is 11.1 Å². The second-order valence-corrected chi connectivity index (χ2v) is 7.64. The molecule has 1 saturated carbocycles. The molecule has 0 atom stereocenters. The highest BCUT2D eigenvalue weighted by Crippen LogP contribution is 2.36. The summed E-state index contributed by atoms with van der Waals surface area (Å²) in [6, 6.07) is 1.94. The molecule has 7 heteroatoms. The first-order valence-corrected chi connectivity index (χ1v) is 8.26. The molecule has 0 saturated heterocycles. The number of aromatic nitrogens is 4. The van der Waals surface area contributed by atoms with Crippen LogP contribution in [-0.4, -0.2) is 20.3 Å². The molecule has 3 aromatic heterocycles. The summed E-state index contributed by atoms with van der Waals surface area (Å²) in [6.45, 7) is 6.25. The Morgan fingerprint density at radius 1 is 1.12 bits per heavy atom. The summed E-state index contributed by atoms with van der Waals surface area (Å²) in [6.07, 6.45) is 5.65. The average Bonchev–Trinajstić information content (AvgIpc) is 3.24. The van der Waals surface area contributed by atoms with E-state index in [1.54, 1.807) is 6.20 Å². The summed E-state index contributed by atoms with van der Waals surface area (Å²) in [5, 5.41) is 9.13. The van der Waals surface area contributed by atoms with Gasteiger partial charge in [0.2, 0.25) is 0 Å². The lowest BCUT2D eigenvalue weighted by molar-refractivity contribution is 0.372. The second kappa shape index (κ2) is 5.11. The second-order valence-electron chi connectivity index (χ2n) is 7.64. The third kappa shape index (κ3) is 2.39. The minimum absolute atomic E-state index is 0.142. The van der Waals surface area contributed by atoms with E-state index in [1.165, 1.54) is 0 Å². The van der Waals surface area contributed by atoms with Crippen LogP contribution in [0.4, 0.5) is 0 Å². The SMILES string of the molecule is CC(C)(C)c1noc2ncc(-c3nc(C4(N)CCCC4)no3)cc12. The molecule has 1 fully saturated rings. The maximum atomic E-state index is 6.40. The minimum atomic E-state index is -0.465. The molecule has 4 rings (SSSR count). The van der Waals surface area contributed by atoms with Gasteiger partial charge in [-0.15, -0.1) is 0 Å². The Balaban J connectivity index is 1.76. The van der Waals surface area contributed by atoms with Crippen LogP contribution in [0.5, 0.6) is 0 Å². The van der Waals surface area contributed by atoms with Crippen molar-refractivity contribution in [2.45, 2.75) is 57.4 Å². The van der Waals surface area contributed by atoms with Crippen LogP contribution in [0.15, 0.2) is 21.3 Å². The Bertz CT molecular complexity index is 884. The molecule has 0 bridgehead atoms. The number of rotatable bonds is 2. The van der Waals surface area contributed by atoms with E-state index in [-0.39, 0.29) is 5.41 Å². The predicted octanol–water partition coefficient (Wildman–Crippen LogP) is 3.30. The van der Waals surface area contributed by atoms with Crippen LogP contribution in [0.25, 0.3) is 22.6 Å². The topological polar surface area (TPSA) is 104 Å². The highest BCUT2D eigenvalue weighted by Gasteiger charge is 2.36. The molecular weight excluding hydrogens is 306 g/mol. The Kier molecular flexibility index (Phi) is 3.25. The Morgan fingerprint density at radius 3 is 2.58 bits per heavy atom. The van der Waals surface area contributed by atoms with Gasteiger partial charge in [0.15, 0.2) is 5.82 Å². The van der Waals surface area contributed by atoms with Gasteiger partial charge >= 0.3 is 0 Å². The highest BCUT2D eigenvalue weighted by molar-refractivity contribution is 5.81. The van der Waals surface area contributed by atoms with Crippen LogP contribution >= 0.6 is 0 Å². The maximum Gasteiger partial charge on any atom is 0.259 e. The van der Waals surface area contributed by atoms with Crippen molar-refractivity contribution in [1.82, 2.24) is 20.3 Å². The molecule has 0 aromatic carbocycles. The average molecular weight is 327 g/mol. The van der Waals surface area contributed by atoms with Crippen LogP contribution in [0.3, 0.4) is 0 Å². The summed E-state index contributed by atoms with van der Waals surface area (Å²) >= 11 is 0. The lowest BCUT2D eigenvalue weighted by Gasteiger charge is -2.17. The molecule has 24 heavy (non-hydrogen) atoms. The van der Waals surface area contributed by atoms with E-state index in [2.05, 4.69) is 41.1 Å². The molecular formula is C17H21N5O2. The molecule has 1 aliphatic carbocycles. The van der Waals surface area contributed by atoms with Crippen molar-refractivity contribution in [3.05, 3.63) is 23.8 Å². The third-order valence-electron chi connectivity index (χ3n) is 4.65. The van der Waals surface area contributed by atoms with Gasteiger partial charge in [0, 0.05) is 11.6 Å². The van der Waals surface area contributed by atoms with E-state index in [0.29, 0.717) is 17.4 Å². The Hall–Kier alpha value is -2.28. The van der Waals surface area contributed by atoms with Gasteiger partial charge in [-0.2, -0.15) is 4.98 Å². The van der Waals surface area contributed by atoms with Crippen molar-refractivity contribution in [1.29, 1.82) is 0 Å². The largest absolute Gasteiger partial charge is 0.336 e. The van der Waals surface area contributed by atoms with Crippen molar-refractivity contribution in [2.75, 3.05) is 0 Å². The summed E-state index contributed by atoms with van der Waals surface area (Å²) < 4.78 is 10.8. The Morgan fingerprint density at radius 2 is 1.88 bits per heavy atom. The molecule has 3 aromatic rings. The number of nitrogens with zero attached hydrogens (tertiary/aromatic N) is 4. The predicted molar refractivity (Wildman–Crippen MR) is 88.1 cm³/mol. The molecule has 126 valence electrons. The van der Waals surface area contributed by atoms with Gasteiger partial charge in [-0.25, -0.2) is 4.98 Å². The van der Waals surface area contributed by atoms with Gasteiger partial charge in [0.25, 0.3) is 11.6 Å². The van der Waals surface area contributed by atoms with Crippen LogP contribution < -0.4 is 5.73 Å². The van der Waals surface area contributed by atoms with E-state index in [4.69, 9.17) is 14.8 Å². The fourth-order valence-electron chi connectivity index (χ4n) is 3.26. The zero-order valence-corrected chi connectivity index (χ0v) is 14.2. The monoisotopic (exact) mass is 327 g/mol. The van der Waals surface area contributed by atoms with E-state index in [0.717, 1.165) is 42.3 Å². The quantitative estimate of drug-likeness (QED) is 0.770. The third-order valence-corrected chi connectivity index (χ3v) is 4.65. The molecule has 0 amide bonds. The molecule has 2 N–H and O–H groups in total. The van der Waals surface area contributed by atoms with E-state index in [1.807, 2.05) is 6.07 Å². The fourth-order valence-corrected chi connectivity index (χ4v) is 3.26. The van der Waals surface area contributed by atoms with E-state index >= 15 is 0 Å². The zero-order valence-electron chi connectivity index (χ0n) is 14.2. The summed E-state index contributed by atoms with van der Waals surface area (Å²) in [5.41, 5.74) is 7.91. The summed E-state index contributed by atoms with van der Waals surface area (Å²) in [7, 11) is 0. The van der Waals surface area contributed by atoms with Crippen molar-refractivity contribution in [3.63, 3.8) is 0 Å². The normalized spacial score (nSPS) is 17.7. The van der Waals surface area contributed by atoms with Gasteiger partial charge in [0.05, 0.1) is 22.2 Å². The van der Waals surface area contributed by atoms with E-state index < -0.39 is 5.54 Å². The molecule has 3 heterocycles. The molecule has 0 spiro atoms. The summed E-state index contributed by atoms with van der Waals surface area (Å²) in [5.74, 6) is 1.01. The van der Waals surface area contributed by atoms with Crippen LogP contribution in [0, 0.1) is 0 Å². The zero-order chi connectivity index (χ0) is 16.9. The van der Waals surface area contributed by atoms with Crippen molar-refractivity contribution < 1.29 is 9.05 Å². The van der Waals surface area contributed by atoms with Crippen LogP contribution in [0.2, 0.25) is 0 Å². The fraction of sp³-hybridized carbons (Fsp3) is 0.529. The number of fused-ring (bicyclic) bond motifs is 1. The first-order valence-electron chi connectivity index (χ1n) is 8.26. The highest BCUT2D eigenvalue weighted by atomic mass is 16.5. The minimum Gasteiger partial charge on any atom is -0.336 e. The smallest absolute Gasteiger partial charge is 0.259 e. The van der Waals surface area contributed by atoms with Crippen LogP contribution in [-0.2, 0) is 11.0 Å². The summed E-state index contributed by atoms with van der Waals surface area (Å²) in [4.78, 5) is 8.85. The van der Waals surface area contributed by atoms with Crippen LogP contribution in [0.1, 0.15) is 58.0 Å². The number of hydrogen-bond acceptors (Lipinski definition) is 7. The first kappa shape index (κ1) is 15.3. The van der Waals surface area contributed by atoms with Gasteiger partial charge in [-0.1, -0.05) is 43.9 Å². The first-order chi connectivity index (χ1) is 11.4. The van der Waals surface area contributed by atoms with Gasteiger partial charge in [-0.05, 0) is 18.9 Å². The molecule has 0 unspecified atom stereocenters. The van der Waals surface area contributed by atoms with Gasteiger partial charge in [-0.3, -0.25) is 0 Å². The lowest BCUT2D eigenvalue weighted by Crippen LogP contribution is -2.34. The molecule has 0 radical (unpaired) electrons. The lowest BCUT2D eigenvalue weighted by atomic mass is 9.90. The van der Waals surface area contributed by atoms with Crippen molar-refractivity contribution in [3.8, 4) is 11.5 Å². The maximum absolute atomic E-state index is 6.40. The number of hydrogen-bond donors (Lipinski definition) is 1. The standard InChI is InChI=1S/C17H21N5O2/c1-16(2,3)12-11-8-10(9-19-14(11)24-21-12)13-20-15(22-23-13)17(18)6-4-5-7-17/h8-9H,4-7,18H2,1-3H3. The van der Waals surface area contributed by atoms with Crippen molar-refractivity contribution in [2.24, 2.45) is 5.73 Å². The Labute approximate surface area is 139 Å². The number of nitrogens with two attached hydrogens (primary N) is 1. The van der Waals surface area contributed by atoms with Gasteiger partial charge < -0.3 is 14.8 Å².